The van der Waals surface area contributed by atoms with Gasteiger partial charge in [0.2, 0.25) is 5.91 Å². The molecular formula is C17H14N4O8S2. The predicted molar refractivity (Wildman–Crippen MR) is 108 cm³/mol. The zero-order valence-electron chi connectivity index (χ0n) is 15.4. The van der Waals surface area contributed by atoms with Crippen molar-refractivity contribution in [3.05, 3.63) is 64.1 Å². The highest BCUT2D eigenvalue weighted by molar-refractivity contribution is 7.86. The van der Waals surface area contributed by atoms with Crippen molar-refractivity contribution in [2.75, 3.05) is 0 Å². The van der Waals surface area contributed by atoms with Crippen LogP contribution in [0.1, 0.15) is 11.3 Å². The van der Waals surface area contributed by atoms with Crippen LogP contribution >= 0.6 is 0 Å². The van der Waals surface area contributed by atoms with Gasteiger partial charge in [-0.2, -0.15) is 21.9 Å². The van der Waals surface area contributed by atoms with Crippen molar-refractivity contribution in [3.63, 3.8) is 0 Å². The first-order valence-corrected chi connectivity index (χ1v) is 11.2. The van der Waals surface area contributed by atoms with Crippen LogP contribution in [0.5, 0.6) is 0 Å². The molecule has 0 saturated carbocycles. The summed E-state index contributed by atoms with van der Waals surface area (Å²) >= 11 is 0. The summed E-state index contributed by atoms with van der Waals surface area (Å²) in [6, 6.07) is 9.10. The molecule has 2 aromatic carbocycles. The predicted octanol–water partition coefficient (Wildman–Crippen LogP) is 0.109. The molecule has 1 heterocycles. The van der Waals surface area contributed by atoms with Crippen molar-refractivity contribution >= 4 is 43.4 Å². The van der Waals surface area contributed by atoms with Crippen molar-refractivity contribution in [2.24, 2.45) is 5.10 Å². The number of benzene rings is 2. The SMILES string of the molecule is O=C(Cc1nc2ccccc2[nH]c1=O)N/N=C\c1ccc(S(=O)(=O)O)cc1S(=O)(=O)O. The number of carbonyl (C=O) groups is 1. The van der Waals surface area contributed by atoms with Crippen molar-refractivity contribution in [2.45, 2.75) is 16.2 Å². The molecule has 162 valence electrons. The van der Waals surface area contributed by atoms with E-state index in [1.807, 2.05) is 0 Å². The number of rotatable bonds is 6. The molecule has 3 rings (SSSR count). The fourth-order valence-electron chi connectivity index (χ4n) is 2.56. The summed E-state index contributed by atoms with van der Waals surface area (Å²) in [6.07, 6.45) is 0.414. The molecule has 3 aromatic rings. The maximum absolute atomic E-state index is 12.1. The standard InChI is InChI=1S/C17H14N4O8S2/c22-16(8-14-17(23)20-13-4-2-1-3-12(13)19-14)21-18-9-10-5-6-11(30(24,25)26)7-15(10)31(27,28)29/h1-7,9H,8H2,(H,20,23)(H,21,22)(H,24,25,26)(H,27,28,29)/b18-9-. The van der Waals surface area contributed by atoms with Crippen LogP contribution in [0.15, 0.2) is 62.2 Å². The fraction of sp³-hybridized carbons (Fsp3) is 0.0588. The lowest BCUT2D eigenvalue weighted by molar-refractivity contribution is -0.120. The van der Waals surface area contributed by atoms with Crippen LogP contribution in [0.2, 0.25) is 0 Å². The Kier molecular flexibility index (Phi) is 5.99. The topological polar surface area (TPSA) is 196 Å². The number of fused-ring (bicyclic) bond motifs is 1. The first-order chi connectivity index (χ1) is 14.4. The lowest BCUT2D eigenvalue weighted by Crippen LogP contribution is -2.25. The molecule has 0 aliphatic heterocycles. The molecule has 12 nitrogen and oxygen atoms in total. The number of hydrazone groups is 1. The molecule has 14 heteroatoms. The minimum Gasteiger partial charge on any atom is -0.319 e. The molecule has 0 saturated heterocycles. The van der Waals surface area contributed by atoms with E-state index in [2.05, 4.69) is 20.5 Å². The molecule has 0 bridgehead atoms. The zero-order chi connectivity index (χ0) is 22.8. The van der Waals surface area contributed by atoms with E-state index in [9.17, 15) is 31.0 Å². The van der Waals surface area contributed by atoms with Gasteiger partial charge >= 0.3 is 0 Å². The van der Waals surface area contributed by atoms with E-state index in [-0.39, 0.29) is 11.3 Å². The average molecular weight is 466 g/mol. The largest absolute Gasteiger partial charge is 0.319 e. The number of carbonyl (C=O) groups excluding carboxylic acids is 1. The Morgan fingerprint density at radius 3 is 2.48 bits per heavy atom. The Hall–Kier alpha value is -3.46. The van der Waals surface area contributed by atoms with Crippen LogP contribution in [0.4, 0.5) is 0 Å². The highest BCUT2D eigenvalue weighted by Gasteiger charge is 2.19. The summed E-state index contributed by atoms with van der Waals surface area (Å²) in [6.45, 7) is 0. The molecule has 0 spiro atoms. The second-order valence-corrected chi connectivity index (χ2v) is 8.96. The third-order valence-electron chi connectivity index (χ3n) is 3.95. The minimum atomic E-state index is -4.88. The summed E-state index contributed by atoms with van der Waals surface area (Å²) < 4.78 is 63.6. The highest BCUT2D eigenvalue weighted by atomic mass is 32.2. The number of hydrogen-bond donors (Lipinski definition) is 4. The molecule has 1 aromatic heterocycles. The van der Waals surface area contributed by atoms with Gasteiger partial charge in [0.15, 0.2) is 0 Å². The van der Waals surface area contributed by atoms with Crippen molar-refractivity contribution < 1.29 is 30.7 Å². The van der Waals surface area contributed by atoms with Crippen molar-refractivity contribution in [1.29, 1.82) is 0 Å². The van der Waals surface area contributed by atoms with Crippen LogP contribution in [-0.2, 0) is 31.5 Å². The lowest BCUT2D eigenvalue weighted by Gasteiger charge is -2.05. The Balaban J connectivity index is 1.80. The molecule has 0 fully saturated rings. The summed E-state index contributed by atoms with van der Waals surface area (Å²) in [7, 11) is -9.60. The van der Waals surface area contributed by atoms with Gasteiger partial charge in [-0.05, 0) is 24.3 Å². The van der Waals surface area contributed by atoms with Crippen LogP contribution in [0.3, 0.4) is 0 Å². The second kappa shape index (κ2) is 8.35. The van der Waals surface area contributed by atoms with Gasteiger partial charge in [0.1, 0.15) is 10.6 Å². The second-order valence-electron chi connectivity index (χ2n) is 6.15. The van der Waals surface area contributed by atoms with Gasteiger partial charge in [-0.3, -0.25) is 18.7 Å². The van der Waals surface area contributed by atoms with E-state index in [0.717, 1.165) is 18.3 Å². The van der Waals surface area contributed by atoms with Gasteiger partial charge in [-0.15, -0.1) is 0 Å². The highest BCUT2D eigenvalue weighted by Crippen LogP contribution is 2.19. The quantitative estimate of drug-likeness (QED) is 0.221. The average Bonchev–Trinajstić information content (AvgIpc) is 2.67. The molecule has 0 radical (unpaired) electrons. The summed E-state index contributed by atoms with van der Waals surface area (Å²) in [5.74, 6) is -0.743. The summed E-state index contributed by atoms with van der Waals surface area (Å²) in [5.41, 5.74) is 2.15. The maximum Gasteiger partial charge on any atom is 0.295 e. The number of nitrogens with zero attached hydrogens (tertiary/aromatic N) is 2. The van der Waals surface area contributed by atoms with Crippen molar-refractivity contribution in [1.82, 2.24) is 15.4 Å². The Bertz CT molecular complexity index is 1480. The molecule has 31 heavy (non-hydrogen) atoms. The van der Waals surface area contributed by atoms with E-state index in [1.165, 1.54) is 0 Å². The molecule has 0 atom stereocenters. The maximum atomic E-state index is 12.1. The molecule has 0 aliphatic rings. The van der Waals surface area contributed by atoms with Crippen LogP contribution in [0, 0.1) is 0 Å². The van der Waals surface area contributed by atoms with Gasteiger partial charge in [0.25, 0.3) is 25.8 Å². The first kappa shape index (κ1) is 22.2. The van der Waals surface area contributed by atoms with Gasteiger partial charge < -0.3 is 4.98 Å². The molecule has 0 aliphatic carbocycles. The monoisotopic (exact) mass is 466 g/mol. The van der Waals surface area contributed by atoms with Crippen LogP contribution in [-0.4, -0.2) is 48.0 Å². The number of amides is 1. The van der Waals surface area contributed by atoms with E-state index in [0.29, 0.717) is 17.1 Å². The van der Waals surface area contributed by atoms with Crippen molar-refractivity contribution in [3.8, 4) is 0 Å². The van der Waals surface area contributed by atoms with Gasteiger partial charge in [-0.25, -0.2) is 10.4 Å². The minimum absolute atomic E-state index is 0.0671. The summed E-state index contributed by atoms with van der Waals surface area (Å²) in [5, 5.41) is 3.54. The number of aromatic amines is 1. The molecule has 4 N–H and O–H groups in total. The van der Waals surface area contributed by atoms with Crippen LogP contribution in [0.25, 0.3) is 11.0 Å². The van der Waals surface area contributed by atoms with Crippen LogP contribution < -0.4 is 11.0 Å². The smallest absolute Gasteiger partial charge is 0.295 e. The van der Waals surface area contributed by atoms with Gasteiger partial charge in [0.05, 0.1) is 28.6 Å². The lowest BCUT2D eigenvalue weighted by atomic mass is 10.2. The third kappa shape index (κ3) is 5.37. The normalized spacial score (nSPS) is 12.3. The van der Waals surface area contributed by atoms with E-state index in [1.54, 1.807) is 24.3 Å². The Morgan fingerprint density at radius 1 is 1.10 bits per heavy atom. The summed E-state index contributed by atoms with van der Waals surface area (Å²) in [4.78, 5) is 29.2. The Labute approximate surface area is 175 Å². The third-order valence-corrected chi connectivity index (χ3v) is 5.71. The molecular weight excluding hydrogens is 452 g/mol. The first-order valence-electron chi connectivity index (χ1n) is 8.34. The Morgan fingerprint density at radius 2 is 1.81 bits per heavy atom. The van der Waals surface area contributed by atoms with Gasteiger partial charge in [0, 0.05) is 5.56 Å². The number of H-pyrrole nitrogens is 1. The zero-order valence-corrected chi connectivity index (χ0v) is 17.0. The number of nitrogens with one attached hydrogen (secondary N) is 2. The molecule has 1 amide bonds. The number of aromatic nitrogens is 2. The molecule has 0 unspecified atom stereocenters. The van der Waals surface area contributed by atoms with E-state index >= 15 is 0 Å². The van der Waals surface area contributed by atoms with E-state index < -0.39 is 47.9 Å². The number of hydrogen-bond acceptors (Lipinski definition) is 8. The van der Waals surface area contributed by atoms with Gasteiger partial charge in [-0.1, -0.05) is 18.2 Å². The fourth-order valence-corrected chi connectivity index (χ4v) is 3.83. The number of para-hydroxylation sites is 2. The van der Waals surface area contributed by atoms with E-state index in [4.69, 9.17) is 4.55 Å².